The molecule has 104 valence electrons. The summed E-state index contributed by atoms with van der Waals surface area (Å²) in [5.41, 5.74) is 7.76. The molecule has 1 unspecified atom stereocenters. The molecule has 5 heteroatoms. The third-order valence-electron chi connectivity index (χ3n) is 3.23. The van der Waals surface area contributed by atoms with Gasteiger partial charge in [-0.3, -0.25) is 0 Å². The molecule has 1 heterocycles. The molecule has 0 fully saturated rings. The molecule has 0 bridgehead atoms. The summed E-state index contributed by atoms with van der Waals surface area (Å²) in [5, 5.41) is 0. The van der Waals surface area contributed by atoms with E-state index in [0.717, 1.165) is 5.56 Å². The largest absolute Gasteiger partial charge is 0.486 e. The molecule has 2 aromatic carbocycles. The fourth-order valence-corrected chi connectivity index (χ4v) is 2.40. The Bertz CT molecular complexity index is 648. The van der Waals surface area contributed by atoms with Gasteiger partial charge < -0.3 is 15.2 Å². The topological polar surface area (TPSA) is 44.5 Å². The minimum Gasteiger partial charge on any atom is -0.486 e. The Labute approximate surface area is 124 Å². The molecule has 0 aromatic heterocycles. The molecule has 3 nitrogen and oxygen atoms in total. The molecule has 1 aliphatic heterocycles. The Morgan fingerprint density at radius 1 is 1.00 bits per heavy atom. The fraction of sp³-hybridized carbons (Fsp3) is 0.200. The van der Waals surface area contributed by atoms with E-state index in [2.05, 4.69) is 15.9 Å². The van der Waals surface area contributed by atoms with E-state index in [1.807, 2.05) is 18.2 Å². The highest BCUT2D eigenvalue weighted by Gasteiger charge is 2.16. The van der Waals surface area contributed by atoms with Crippen LogP contribution in [0, 0.1) is 5.82 Å². The highest BCUT2D eigenvalue weighted by molar-refractivity contribution is 9.10. The van der Waals surface area contributed by atoms with Crippen LogP contribution in [0.3, 0.4) is 0 Å². The number of benzene rings is 2. The Morgan fingerprint density at radius 2 is 1.65 bits per heavy atom. The molecule has 1 atom stereocenters. The first-order valence-electron chi connectivity index (χ1n) is 6.25. The van der Waals surface area contributed by atoms with Gasteiger partial charge in [-0.2, -0.15) is 0 Å². The number of hydrogen-bond donors (Lipinski definition) is 1. The maximum Gasteiger partial charge on any atom is 0.161 e. The smallest absolute Gasteiger partial charge is 0.161 e. The van der Waals surface area contributed by atoms with Gasteiger partial charge in [-0.05, 0) is 51.3 Å². The predicted octanol–water partition coefficient (Wildman–Crippen LogP) is 3.41. The summed E-state index contributed by atoms with van der Waals surface area (Å²) in [6.45, 7) is 1.08. The Morgan fingerprint density at radius 3 is 2.40 bits per heavy atom. The van der Waals surface area contributed by atoms with Gasteiger partial charge in [0.15, 0.2) is 11.5 Å². The third-order valence-corrected chi connectivity index (χ3v) is 3.87. The highest BCUT2D eigenvalue weighted by atomic mass is 79.9. The molecule has 0 saturated carbocycles. The maximum absolute atomic E-state index is 13.6. The van der Waals surface area contributed by atoms with Gasteiger partial charge in [-0.25, -0.2) is 4.39 Å². The van der Waals surface area contributed by atoms with Crippen molar-refractivity contribution < 1.29 is 13.9 Å². The monoisotopic (exact) mass is 337 g/mol. The normalized spacial score (nSPS) is 14.9. The minimum atomic E-state index is -0.409. The summed E-state index contributed by atoms with van der Waals surface area (Å²) in [4.78, 5) is 0. The summed E-state index contributed by atoms with van der Waals surface area (Å²) in [7, 11) is 0. The van der Waals surface area contributed by atoms with Gasteiger partial charge in [0.05, 0.1) is 10.5 Å². The number of halogens is 2. The number of nitrogens with two attached hydrogens (primary N) is 1. The van der Waals surface area contributed by atoms with E-state index in [-0.39, 0.29) is 5.82 Å². The second-order valence-electron chi connectivity index (χ2n) is 4.55. The van der Waals surface area contributed by atoms with Crippen molar-refractivity contribution in [3.63, 3.8) is 0 Å². The first-order valence-corrected chi connectivity index (χ1v) is 7.04. The van der Waals surface area contributed by atoms with Gasteiger partial charge in [-0.1, -0.05) is 12.1 Å². The molecule has 0 amide bonds. The van der Waals surface area contributed by atoms with Crippen LogP contribution in [0.4, 0.5) is 4.39 Å². The summed E-state index contributed by atoms with van der Waals surface area (Å²) >= 11 is 3.13. The van der Waals surface area contributed by atoms with Gasteiger partial charge in [0.2, 0.25) is 0 Å². The minimum absolute atomic E-state index is 0.324. The zero-order valence-corrected chi connectivity index (χ0v) is 12.2. The summed E-state index contributed by atoms with van der Waals surface area (Å²) in [5.74, 6) is 1.08. The van der Waals surface area contributed by atoms with Crippen LogP contribution in [0.2, 0.25) is 0 Å². The van der Waals surface area contributed by atoms with Crippen molar-refractivity contribution in [2.75, 3.05) is 13.2 Å². The lowest BCUT2D eigenvalue weighted by atomic mass is 9.99. The van der Waals surface area contributed by atoms with E-state index in [4.69, 9.17) is 15.2 Å². The van der Waals surface area contributed by atoms with Crippen LogP contribution in [0.1, 0.15) is 17.2 Å². The van der Waals surface area contributed by atoms with E-state index in [1.165, 1.54) is 6.07 Å². The van der Waals surface area contributed by atoms with Gasteiger partial charge in [0.1, 0.15) is 19.0 Å². The summed E-state index contributed by atoms with van der Waals surface area (Å²) < 4.78 is 25.0. The molecular formula is C15H13BrFNO2. The molecule has 0 spiro atoms. The summed E-state index contributed by atoms with van der Waals surface area (Å²) in [6, 6.07) is 10.0. The molecule has 0 radical (unpaired) electrons. The van der Waals surface area contributed by atoms with E-state index in [0.29, 0.717) is 34.7 Å². The van der Waals surface area contributed by atoms with Crippen LogP contribution in [0.15, 0.2) is 40.9 Å². The van der Waals surface area contributed by atoms with Crippen molar-refractivity contribution >= 4 is 15.9 Å². The molecule has 20 heavy (non-hydrogen) atoms. The Kier molecular flexibility index (Phi) is 3.63. The lowest BCUT2D eigenvalue weighted by Crippen LogP contribution is -2.17. The fourth-order valence-electron chi connectivity index (χ4n) is 2.15. The average Bonchev–Trinajstić information content (AvgIpc) is 2.49. The van der Waals surface area contributed by atoms with Crippen LogP contribution < -0.4 is 15.2 Å². The molecule has 2 aromatic rings. The van der Waals surface area contributed by atoms with Crippen molar-refractivity contribution in [2.45, 2.75) is 6.04 Å². The third kappa shape index (κ3) is 2.51. The van der Waals surface area contributed by atoms with Gasteiger partial charge in [-0.15, -0.1) is 0 Å². The quantitative estimate of drug-likeness (QED) is 0.913. The Hall–Kier alpha value is -1.59. The van der Waals surface area contributed by atoms with E-state index < -0.39 is 6.04 Å². The van der Waals surface area contributed by atoms with Crippen molar-refractivity contribution in [1.82, 2.24) is 0 Å². The second-order valence-corrected chi connectivity index (χ2v) is 5.41. The lowest BCUT2D eigenvalue weighted by Gasteiger charge is -2.20. The molecule has 3 rings (SSSR count). The van der Waals surface area contributed by atoms with Gasteiger partial charge >= 0.3 is 0 Å². The van der Waals surface area contributed by atoms with Crippen LogP contribution >= 0.6 is 15.9 Å². The van der Waals surface area contributed by atoms with E-state index in [1.54, 1.807) is 12.1 Å². The van der Waals surface area contributed by atoms with Crippen molar-refractivity contribution in [3.8, 4) is 11.5 Å². The first kappa shape index (κ1) is 13.4. The van der Waals surface area contributed by atoms with Crippen molar-refractivity contribution in [2.24, 2.45) is 5.73 Å². The van der Waals surface area contributed by atoms with Crippen LogP contribution in [-0.4, -0.2) is 13.2 Å². The molecule has 1 aliphatic rings. The highest BCUT2D eigenvalue weighted by Crippen LogP contribution is 2.34. The molecule has 0 aliphatic carbocycles. The number of ether oxygens (including phenoxy) is 2. The molecule has 0 saturated heterocycles. The number of rotatable bonds is 2. The van der Waals surface area contributed by atoms with Crippen LogP contribution in [0.5, 0.6) is 11.5 Å². The Balaban J connectivity index is 1.93. The van der Waals surface area contributed by atoms with Crippen molar-refractivity contribution in [3.05, 3.63) is 57.8 Å². The molecular weight excluding hydrogens is 325 g/mol. The van der Waals surface area contributed by atoms with E-state index >= 15 is 0 Å². The molecule has 2 N–H and O–H groups in total. The van der Waals surface area contributed by atoms with Gasteiger partial charge in [0.25, 0.3) is 0 Å². The predicted molar refractivity (Wildman–Crippen MR) is 77.6 cm³/mol. The van der Waals surface area contributed by atoms with Crippen LogP contribution in [-0.2, 0) is 0 Å². The van der Waals surface area contributed by atoms with Gasteiger partial charge in [0, 0.05) is 0 Å². The summed E-state index contributed by atoms with van der Waals surface area (Å²) in [6.07, 6.45) is 0. The second kappa shape index (κ2) is 5.42. The standard InChI is InChI=1S/C15H13BrFNO2/c16-11-3-1-9(7-12(11)17)15(18)10-2-4-13-14(8-10)20-6-5-19-13/h1-4,7-8,15H,5-6,18H2. The average molecular weight is 338 g/mol. The zero-order chi connectivity index (χ0) is 14.1. The lowest BCUT2D eigenvalue weighted by molar-refractivity contribution is 0.171. The first-order chi connectivity index (χ1) is 9.65. The zero-order valence-electron chi connectivity index (χ0n) is 10.6. The van der Waals surface area contributed by atoms with Crippen molar-refractivity contribution in [1.29, 1.82) is 0 Å². The maximum atomic E-state index is 13.6. The van der Waals surface area contributed by atoms with Crippen LogP contribution in [0.25, 0.3) is 0 Å². The SMILES string of the molecule is NC(c1ccc(Br)c(F)c1)c1ccc2c(c1)OCCO2. The van der Waals surface area contributed by atoms with E-state index in [9.17, 15) is 4.39 Å². The number of hydrogen-bond acceptors (Lipinski definition) is 3. The number of fused-ring (bicyclic) bond motifs is 1.